The van der Waals surface area contributed by atoms with E-state index in [0.29, 0.717) is 27.6 Å². The molecule has 0 N–H and O–H groups in total. The molecule has 0 unspecified atom stereocenters. The number of benzene rings is 2. The van der Waals surface area contributed by atoms with Crippen molar-refractivity contribution in [1.82, 2.24) is 9.66 Å². The number of ether oxygens (including phenoxy) is 2. The molecule has 2 atom stereocenters. The molecular formula is C23H22BrClN4O6. The second-order valence-electron chi connectivity index (χ2n) is 7.69. The van der Waals surface area contributed by atoms with Crippen LogP contribution in [0.5, 0.6) is 5.75 Å². The number of nitro benzene ring substituents is 1. The predicted octanol–water partition coefficient (Wildman–Crippen LogP) is 5.06. The number of nitro groups is 1. The third-order valence-electron chi connectivity index (χ3n) is 5.29. The Hall–Kier alpha value is -3.31. The molecule has 0 saturated heterocycles. The summed E-state index contributed by atoms with van der Waals surface area (Å²) in [6.07, 6.45) is 0.763. The van der Waals surface area contributed by atoms with Gasteiger partial charge in [0.1, 0.15) is 5.82 Å². The fraction of sp³-hybridized carbons (Fsp3) is 0.304. The van der Waals surface area contributed by atoms with E-state index < -0.39 is 28.2 Å². The molecule has 35 heavy (non-hydrogen) atoms. The molecule has 0 spiro atoms. The number of esters is 1. The van der Waals surface area contributed by atoms with Gasteiger partial charge in [-0.05, 0) is 37.6 Å². The standard InChI is InChI=1S/C23H22BrClN4O6/c1-5-12(2)21-27-18-7-6-15(24)9-17(18)22(30)28(21)26-11-14-8-16(25)10-19(29(32)33)20(14)35-13(3)23(31)34-4/h6-13H,5H2,1-4H3/t12-,13+/m1/s1. The van der Waals surface area contributed by atoms with E-state index in [4.69, 9.17) is 16.3 Å². The molecule has 2 aromatic carbocycles. The normalized spacial score (nSPS) is 13.1. The number of fused-ring (bicyclic) bond motifs is 1. The fourth-order valence-electron chi connectivity index (χ4n) is 3.25. The zero-order valence-corrected chi connectivity index (χ0v) is 21.7. The van der Waals surface area contributed by atoms with Crippen molar-refractivity contribution < 1.29 is 19.2 Å². The molecule has 0 fully saturated rings. The molecule has 0 radical (unpaired) electrons. The molecule has 0 bridgehead atoms. The second kappa shape index (κ2) is 11.0. The van der Waals surface area contributed by atoms with Gasteiger partial charge in [-0.15, -0.1) is 0 Å². The van der Waals surface area contributed by atoms with Crippen LogP contribution < -0.4 is 10.3 Å². The summed E-state index contributed by atoms with van der Waals surface area (Å²) in [6, 6.07) is 7.66. The SMILES string of the molecule is CC[C@@H](C)c1nc2ccc(Br)cc2c(=O)n1N=Cc1cc(Cl)cc([N+](=O)[O-])c1O[C@@H](C)C(=O)OC. The molecular weight excluding hydrogens is 544 g/mol. The van der Waals surface area contributed by atoms with Gasteiger partial charge in [-0.1, -0.05) is 41.4 Å². The topological polar surface area (TPSA) is 126 Å². The first-order valence-corrected chi connectivity index (χ1v) is 11.7. The van der Waals surface area contributed by atoms with Crippen molar-refractivity contribution in [3.8, 4) is 5.75 Å². The Bertz CT molecular complexity index is 1390. The van der Waals surface area contributed by atoms with Crippen LogP contribution in [0.15, 0.2) is 44.7 Å². The number of halogens is 2. The van der Waals surface area contributed by atoms with E-state index in [2.05, 4.69) is 30.8 Å². The minimum Gasteiger partial charge on any atom is -0.471 e. The fourth-order valence-corrected chi connectivity index (χ4v) is 3.83. The smallest absolute Gasteiger partial charge is 0.346 e. The second-order valence-corrected chi connectivity index (χ2v) is 9.04. The molecule has 3 aromatic rings. The average molecular weight is 566 g/mol. The van der Waals surface area contributed by atoms with Gasteiger partial charge in [0.25, 0.3) is 5.56 Å². The predicted molar refractivity (Wildman–Crippen MR) is 136 cm³/mol. The summed E-state index contributed by atoms with van der Waals surface area (Å²) >= 11 is 9.47. The van der Waals surface area contributed by atoms with Crippen molar-refractivity contribution in [2.75, 3.05) is 7.11 Å². The number of nitrogens with zero attached hydrogens (tertiary/aromatic N) is 4. The number of methoxy groups -OCH3 is 1. The molecule has 184 valence electrons. The minimum absolute atomic E-state index is 0.0475. The first-order chi connectivity index (χ1) is 16.6. The van der Waals surface area contributed by atoms with Crippen molar-refractivity contribution in [2.24, 2.45) is 5.10 Å². The van der Waals surface area contributed by atoms with Crippen LogP contribution in [0.25, 0.3) is 10.9 Å². The van der Waals surface area contributed by atoms with E-state index in [0.717, 1.165) is 10.7 Å². The molecule has 12 heteroatoms. The Morgan fingerprint density at radius 3 is 2.69 bits per heavy atom. The summed E-state index contributed by atoms with van der Waals surface area (Å²) in [4.78, 5) is 40.8. The highest BCUT2D eigenvalue weighted by Crippen LogP contribution is 2.34. The quantitative estimate of drug-likeness (QED) is 0.162. The Kier molecular flexibility index (Phi) is 8.23. The zero-order chi connectivity index (χ0) is 25.9. The van der Waals surface area contributed by atoms with Gasteiger partial charge >= 0.3 is 11.7 Å². The molecule has 10 nitrogen and oxygen atoms in total. The van der Waals surface area contributed by atoms with Crippen molar-refractivity contribution in [1.29, 1.82) is 0 Å². The largest absolute Gasteiger partial charge is 0.471 e. The Balaban J connectivity index is 2.23. The Morgan fingerprint density at radius 2 is 2.06 bits per heavy atom. The zero-order valence-electron chi connectivity index (χ0n) is 19.3. The number of rotatable bonds is 8. The lowest BCUT2D eigenvalue weighted by Crippen LogP contribution is -2.26. The van der Waals surface area contributed by atoms with Crippen molar-refractivity contribution >= 4 is 56.3 Å². The number of hydrogen-bond donors (Lipinski definition) is 0. The van der Waals surface area contributed by atoms with Crippen LogP contribution in [0.2, 0.25) is 5.02 Å². The van der Waals surface area contributed by atoms with Crippen LogP contribution in [0, 0.1) is 10.1 Å². The maximum absolute atomic E-state index is 13.3. The van der Waals surface area contributed by atoms with Gasteiger partial charge in [0.2, 0.25) is 5.75 Å². The lowest BCUT2D eigenvalue weighted by Gasteiger charge is -2.16. The van der Waals surface area contributed by atoms with Crippen molar-refractivity contribution in [3.05, 3.63) is 71.7 Å². The molecule has 0 amide bonds. The van der Waals surface area contributed by atoms with Gasteiger partial charge in [0.15, 0.2) is 6.10 Å². The van der Waals surface area contributed by atoms with Crippen molar-refractivity contribution in [3.63, 3.8) is 0 Å². The number of carbonyl (C=O) groups is 1. The van der Waals surface area contributed by atoms with Crippen molar-refractivity contribution in [2.45, 2.75) is 39.2 Å². The van der Waals surface area contributed by atoms with E-state index in [1.54, 1.807) is 18.2 Å². The maximum atomic E-state index is 13.3. The first-order valence-electron chi connectivity index (χ1n) is 10.6. The summed E-state index contributed by atoms with van der Waals surface area (Å²) in [7, 11) is 1.18. The van der Waals surface area contributed by atoms with Crippen LogP contribution >= 0.6 is 27.5 Å². The minimum atomic E-state index is -1.15. The van der Waals surface area contributed by atoms with Crippen LogP contribution in [-0.4, -0.2) is 40.0 Å². The summed E-state index contributed by atoms with van der Waals surface area (Å²) in [5.41, 5.74) is -0.264. The number of hydrogen-bond acceptors (Lipinski definition) is 8. The highest BCUT2D eigenvalue weighted by molar-refractivity contribution is 9.10. The molecule has 0 aliphatic heterocycles. The van der Waals surface area contributed by atoms with E-state index in [9.17, 15) is 19.7 Å². The maximum Gasteiger partial charge on any atom is 0.346 e. The monoisotopic (exact) mass is 564 g/mol. The van der Waals surface area contributed by atoms with Gasteiger partial charge in [-0.25, -0.2) is 9.78 Å². The van der Waals surface area contributed by atoms with Gasteiger partial charge in [-0.3, -0.25) is 14.9 Å². The van der Waals surface area contributed by atoms with E-state index in [1.807, 2.05) is 13.8 Å². The Morgan fingerprint density at radius 1 is 1.34 bits per heavy atom. The van der Waals surface area contributed by atoms with Gasteiger partial charge in [0.05, 0.1) is 29.2 Å². The molecule has 0 aliphatic carbocycles. The van der Waals surface area contributed by atoms with Gasteiger partial charge in [0, 0.05) is 27.0 Å². The van der Waals surface area contributed by atoms with E-state index in [-0.39, 0.29) is 22.3 Å². The van der Waals surface area contributed by atoms with E-state index >= 15 is 0 Å². The van der Waals surface area contributed by atoms with Crippen LogP contribution in [-0.2, 0) is 9.53 Å². The molecule has 0 aliphatic rings. The molecule has 1 heterocycles. The highest BCUT2D eigenvalue weighted by atomic mass is 79.9. The third kappa shape index (κ3) is 5.68. The highest BCUT2D eigenvalue weighted by Gasteiger charge is 2.25. The van der Waals surface area contributed by atoms with Crippen LogP contribution in [0.4, 0.5) is 5.69 Å². The summed E-state index contributed by atoms with van der Waals surface area (Å²) in [5, 5.41) is 16.4. The molecule has 3 rings (SSSR count). The van der Waals surface area contributed by atoms with Gasteiger partial charge < -0.3 is 9.47 Å². The average Bonchev–Trinajstić information content (AvgIpc) is 2.83. The number of aromatic nitrogens is 2. The molecule has 1 aromatic heterocycles. The lowest BCUT2D eigenvalue weighted by atomic mass is 10.1. The summed E-state index contributed by atoms with van der Waals surface area (Å²) in [5.74, 6) is -0.658. The van der Waals surface area contributed by atoms with Crippen LogP contribution in [0.1, 0.15) is 44.5 Å². The summed E-state index contributed by atoms with van der Waals surface area (Å²) in [6.45, 7) is 5.26. The first kappa shape index (κ1) is 26.3. The summed E-state index contributed by atoms with van der Waals surface area (Å²) < 4.78 is 12.1. The van der Waals surface area contributed by atoms with E-state index in [1.165, 1.54) is 26.3 Å². The Labute approximate surface area is 213 Å². The number of carbonyl (C=O) groups excluding carboxylic acids is 1. The van der Waals surface area contributed by atoms with Crippen LogP contribution in [0.3, 0.4) is 0 Å². The third-order valence-corrected chi connectivity index (χ3v) is 6.00. The lowest BCUT2D eigenvalue weighted by molar-refractivity contribution is -0.386. The molecule has 0 saturated carbocycles. The van der Waals surface area contributed by atoms with Gasteiger partial charge in [-0.2, -0.15) is 9.78 Å².